The number of rotatable bonds is 3. The van der Waals surface area contributed by atoms with Gasteiger partial charge in [-0.15, -0.1) is 0 Å². The number of aromatic nitrogens is 1. The number of nitrogens with zero attached hydrogens (tertiary/aromatic N) is 1. The quantitative estimate of drug-likeness (QED) is 0.751. The van der Waals surface area contributed by atoms with E-state index in [2.05, 4.69) is 10.1 Å². The van der Waals surface area contributed by atoms with Gasteiger partial charge in [0.15, 0.2) is 0 Å². The van der Waals surface area contributed by atoms with Crippen LogP contribution in [0.4, 0.5) is 10.1 Å². The maximum Gasteiger partial charge on any atom is 0.337 e. The molecule has 0 spiro atoms. The van der Waals surface area contributed by atoms with E-state index in [1.54, 1.807) is 43.4 Å². The molecular weight excluding hydrogens is 311 g/mol. The molecule has 0 radical (unpaired) electrons. The number of carbonyl (C=O) groups excluding carboxylic acids is 2. The lowest BCUT2D eigenvalue weighted by Crippen LogP contribution is -2.16. The first-order chi connectivity index (χ1) is 11.5. The van der Waals surface area contributed by atoms with Gasteiger partial charge in [0.05, 0.1) is 18.2 Å². The van der Waals surface area contributed by atoms with Gasteiger partial charge in [0.1, 0.15) is 11.5 Å². The zero-order valence-corrected chi connectivity index (χ0v) is 13.2. The molecule has 0 atom stereocenters. The number of anilines is 1. The largest absolute Gasteiger partial charge is 0.465 e. The Balaban J connectivity index is 1.92. The van der Waals surface area contributed by atoms with Crippen molar-refractivity contribution in [1.82, 2.24) is 4.57 Å². The van der Waals surface area contributed by atoms with E-state index in [1.165, 1.54) is 23.8 Å². The summed E-state index contributed by atoms with van der Waals surface area (Å²) in [7, 11) is 2.92. The van der Waals surface area contributed by atoms with Crippen molar-refractivity contribution in [2.75, 3.05) is 12.4 Å². The van der Waals surface area contributed by atoms with Crippen LogP contribution in [-0.2, 0) is 11.8 Å². The fourth-order valence-corrected chi connectivity index (χ4v) is 2.62. The van der Waals surface area contributed by atoms with Gasteiger partial charge in [-0.2, -0.15) is 0 Å². The molecule has 0 aliphatic carbocycles. The molecule has 1 amide bonds. The van der Waals surface area contributed by atoms with Crippen molar-refractivity contribution in [1.29, 1.82) is 0 Å². The van der Waals surface area contributed by atoms with Crippen LogP contribution in [0.3, 0.4) is 0 Å². The zero-order chi connectivity index (χ0) is 17.3. The highest BCUT2D eigenvalue weighted by molar-refractivity contribution is 6.06. The number of fused-ring (bicyclic) bond motifs is 1. The SMILES string of the molecule is COC(=O)c1cccc(NC(=O)c2cc3cccc(F)c3n2C)c1. The van der Waals surface area contributed by atoms with Crippen molar-refractivity contribution in [2.45, 2.75) is 0 Å². The summed E-state index contributed by atoms with van der Waals surface area (Å²) in [5, 5.41) is 3.35. The fraction of sp³-hybridized carbons (Fsp3) is 0.111. The summed E-state index contributed by atoms with van der Waals surface area (Å²) in [6.07, 6.45) is 0. The maximum absolute atomic E-state index is 13.9. The lowest BCUT2D eigenvalue weighted by atomic mass is 10.2. The van der Waals surface area contributed by atoms with Crippen LogP contribution in [0.2, 0.25) is 0 Å². The molecule has 1 aromatic heterocycles. The molecule has 3 rings (SSSR count). The van der Waals surface area contributed by atoms with E-state index in [9.17, 15) is 14.0 Å². The number of hydrogen-bond donors (Lipinski definition) is 1. The lowest BCUT2D eigenvalue weighted by molar-refractivity contribution is 0.0600. The maximum atomic E-state index is 13.9. The third-order valence-corrected chi connectivity index (χ3v) is 3.78. The van der Waals surface area contributed by atoms with Crippen molar-refractivity contribution in [2.24, 2.45) is 7.05 Å². The Morgan fingerprint density at radius 1 is 1.12 bits per heavy atom. The minimum absolute atomic E-state index is 0.318. The molecule has 122 valence electrons. The van der Waals surface area contributed by atoms with Crippen LogP contribution >= 0.6 is 0 Å². The molecule has 0 aliphatic heterocycles. The molecule has 0 saturated heterocycles. The number of aryl methyl sites for hydroxylation is 1. The molecule has 0 bridgehead atoms. The molecule has 0 unspecified atom stereocenters. The number of carbonyl (C=O) groups is 2. The van der Waals surface area contributed by atoms with Gasteiger partial charge in [0.25, 0.3) is 5.91 Å². The Labute approximate surface area is 137 Å². The van der Waals surface area contributed by atoms with Gasteiger partial charge >= 0.3 is 5.97 Å². The highest BCUT2D eigenvalue weighted by atomic mass is 19.1. The highest BCUT2D eigenvalue weighted by Crippen LogP contribution is 2.22. The first-order valence-corrected chi connectivity index (χ1v) is 7.25. The number of nitrogens with one attached hydrogen (secondary N) is 1. The van der Waals surface area contributed by atoms with Gasteiger partial charge in [-0.1, -0.05) is 18.2 Å². The second-order valence-electron chi connectivity index (χ2n) is 5.29. The second kappa shape index (κ2) is 6.16. The number of halogens is 1. The average molecular weight is 326 g/mol. The van der Waals surface area contributed by atoms with Crippen LogP contribution in [0.25, 0.3) is 10.9 Å². The minimum atomic E-state index is -0.488. The van der Waals surface area contributed by atoms with E-state index in [-0.39, 0.29) is 5.82 Å². The zero-order valence-electron chi connectivity index (χ0n) is 13.2. The summed E-state index contributed by atoms with van der Waals surface area (Å²) in [4.78, 5) is 24.0. The van der Waals surface area contributed by atoms with E-state index >= 15 is 0 Å². The first-order valence-electron chi connectivity index (χ1n) is 7.25. The predicted octanol–water partition coefficient (Wildman–Crippen LogP) is 3.36. The number of methoxy groups -OCH3 is 1. The third kappa shape index (κ3) is 2.74. The monoisotopic (exact) mass is 326 g/mol. The van der Waals surface area contributed by atoms with E-state index in [1.807, 2.05) is 0 Å². The fourth-order valence-electron chi connectivity index (χ4n) is 2.62. The number of hydrogen-bond acceptors (Lipinski definition) is 3. The van der Waals surface area contributed by atoms with Crippen molar-refractivity contribution >= 4 is 28.5 Å². The topological polar surface area (TPSA) is 60.3 Å². The van der Waals surface area contributed by atoms with Crippen molar-refractivity contribution in [3.05, 3.63) is 65.6 Å². The number of amides is 1. The molecule has 5 nitrogen and oxygen atoms in total. The van der Waals surface area contributed by atoms with E-state index in [4.69, 9.17) is 0 Å². The van der Waals surface area contributed by atoms with E-state index in [0.717, 1.165) is 0 Å². The summed E-state index contributed by atoms with van der Waals surface area (Å²) in [6, 6.07) is 12.7. The summed E-state index contributed by atoms with van der Waals surface area (Å²) >= 11 is 0. The number of esters is 1. The van der Waals surface area contributed by atoms with Crippen LogP contribution in [0.1, 0.15) is 20.8 Å². The Hall–Kier alpha value is -3.15. The second-order valence-corrected chi connectivity index (χ2v) is 5.29. The van der Waals surface area contributed by atoms with Crippen molar-refractivity contribution in [3.8, 4) is 0 Å². The average Bonchev–Trinajstić information content (AvgIpc) is 2.92. The molecule has 6 heteroatoms. The molecule has 0 aliphatic rings. The van der Waals surface area contributed by atoms with Gasteiger partial charge in [0.2, 0.25) is 0 Å². The molecule has 3 aromatic rings. The lowest BCUT2D eigenvalue weighted by Gasteiger charge is -2.08. The van der Waals surface area contributed by atoms with Crippen LogP contribution in [-0.4, -0.2) is 23.6 Å². The van der Waals surface area contributed by atoms with Gasteiger partial charge < -0.3 is 14.6 Å². The standard InChI is InChI=1S/C18H15FN2O3/c1-21-15(10-11-5-4-8-14(19)16(11)21)17(22)20-13-7-3-6-12(9-13)18(23)24-2/h3-10H,1-2H3,(H,20,22). The molecule has 1 N–H and O–H groups in total. The van der Waals surface area contributed by atoms with Crippen LogP contribution in [0, 0.1) is 5.82 Å². The summed E-state index contributed by atoms with van der Waals surface area (Å²) < 4.78 is 20.1. The molecule has 2 aromatic carbocycles. The molecular formula is C18H15FN2O3. The molecule has 0 fully saturated rings. The predicted molar refractivity (Wildman–Crippen MR) is 88.6 cm³/mol. The summed E-state index contributed by atoms with van der Waals surface area (Å²) in [5.74, 6) is -1.27. The molecule has 0 saturated carbocycles. The Kier molecular flexibility index (Phi) is 4.04. The first kappa shape index (κ1) is 15.7. The molecule has 1 heterocycles. The Bertz CT molecular complexity index is 947. The van der Waals surface area contributed by atoms with Gasteiger partial charge in [-0.05, 0) is 30.3 Å². The van der Waals surface area contributed by atoms with Gasteiger partial charge in [0, 0.05) is 18.1 Å². The normalized spacial score (nSPS) is 10.6. The van der Waals surface area contributed by atoms with Crippen LogP contribution < -0.4 is 5.32 Å². The van der Waals surface area contributed by atoms with Gasteiger partial charge in [-0.3, -0.25) is 4.79 Å². The Morgan fingerprint density at radius 3 is 2.58 bits per heavy atom. The Morgan fingerprint density at radius 2 is 1.88 bits per heavy atom. The van der Waals surface area contributed by atoms with Gasteiger partial charge in [-0.25, -0.2) is 9.18 Å². The third-order valence-electron chi connectivity index (χ3n) is 3.78. The summed E-state index contributed by atoms with van der Waals surface area (Å²) in [6.45, 7) is 0. The van der Waals surface area contributed by atoms with Crippen molar-refractivity contribution in [3.63, 3.8) is 0 Å². The summed E-state index contributed by atoms with van der Waals surface area (Å²) in [5.41, 5.74) is 1.47. The van der Waals surface area contributed by atoms with E-state index < -0.39 is 11.9 Å². The van der Waals surface area contributed by atoms with Crippen LogP contribution in [0.5, 0.6) is 0 Å². The smallest absolute Gasteiger partial charge is 0.337 e. The number of benzene rings is 2. The number of ether oxygens (including phenoxy) is 1. The van der Waals surface area contributed by atoms with Crippen molar-refractivity contribution < 1.29 is 18.7 Å². The minimum Gasteiger partial charge on any atom is -0.465 e. The number of para-hydroxylation sites is 1. The molecule has 24 heavy (non-hydrogen) atoms. The highest BCUT2D eigenvalue weighted by Gasteiger charge is 2.16. The van der Waals surface area contributed by atoms with Crippen LogP contribution in [0.15, 0.2) is 48.5 Å². The van der Waals surface area contributed by atoms with E-state index in [0.29, 0.717) is 27.8 Å².